The number of fused-ring (bicyclic) bond motifs is 2. The molecule has 3 aromatic rings. The first-order valence-corrected chi connectivity index (χ1v) is 10.3. The smallest absolute Gasteiger partial charge is 0.394 e. The molecule has 1 aliphatic rings. The van der Waals surface area contributed by atoms with Gasteiger partial charge in [0.15, 0.2) is 11.6 Å². The minimum atomic E-state index is -4.46. The lowest BCUT2D eigenvalue weighted by Gasteiger charge is -2.23. The van der Waals surface area contributed by atoms with Gasteiger partial charge < -0.3 is 11.1 Å². The molecule has 30 heavy (non-hydrogen) atoms. The zero-order valence-electron chi connectivity index (χ0n) is 15.8. The second-order valence-electron chi connectivity index (χ2n) is 6.78. The molecule has 0 fully saturated rings. The van der Waals surface area contributed by atoms with Gasteiger partial charge >= 0.3 is 10.5 Å². The highest BCUT2D eigenvalue weighted by Crippen LogP contribution is 2.41. The van der Waals surface area contributed by atoms with E-state index in [9.17, 15) is 18.4 Å². The van der Waals surface area contributed by atoms with Crippen LogP contribution in [0.5, 0.6) is 0 Å². The van der Waals surface area contributed by atoms with E-state index in [1.807, 2.05) is 19.1 Å². The molecule has 9 heteroatoms. The summed E-state index contributed by atoms with van der Waals surface area (Å²) in [5.41, 5.74) is 7.40. The molecule has 0 aromatic heterocycles. The van der Waals surface area contributed by atoms with Crippen molar-refractivity contribution in [1.82, 2.24) is 0 Å². The van der Waals surface area contributed by atoms with Crippen LogP contribution in [0.4, 0.5) is 17.1 Å². The fraction of sp³-hybridized carbons (Fsp3) is 0.0476. The lowest BCUT2D eigenvalue weighted by atomic mass is 9.82. The predicted octanol–water partition coefficient (Wildman–Crippen LogP) is 3.11. The van der Waals surface area contributed by atoms with E-state index >= 15 is 0 Å². The van der Waals surface area contributed by atoms with Crippen molar-refractivity contribution in [2.45, 2.75) is 11.8 Å². The number of rotatable bonds is 4. The molecular weight excluding hydrogens is 406 g/mol. The third-order valence-electron chi connectivity index (χ3n) is 5.01. The number of aryl methyl sites for hydroxylation is 1. The standard InChI is InChI=1S/C21H17N3O5S/c1-11-6-2-5-9-14(11)24-15-10-16(30(27,28)29-23)19(22)18-17(15)20(25)12-7-3-4-8-13(12)21(18)26/h2-10,24H,22-23H2,1H3/q+1. The zero-order chi connectivity index (χ0) is 21.6. The third kappa shape index (κ3) is 3.01. The van der Waals surface area contributed by atoms with Crippen LogP contribution >= 0.6 is 0 Å². The number of carbonyl (C=O) groups excluding carboxylic acids is 2. The minimum absolute atomic E-state index is 0.00424. The van der Waals surface area contributed by atoms with E-state index in [1.165, 1.54) is 6.07 Å². The molecule has 3 aromatic carbocycles. The summed E-state index contributed by atoms with van der Waals surface area (Å²) in [5, 5.41) is 3.06. The van der Waals surface area contributed by atoms with Crippen LogP contribution in [-0.4, -0.2) is 11.6 Å². The van der Waals surface area contributed by atoms with Gasteiger partial charge in [-0.2, -0.15) is 5.90 Å². The van der Waals surface area contributed by atoms with Crippen LogP contribution in [0.3, 0.4) is 0 Å². The van der Waals surface area contributed by atoms with Crippen LogP contribution in [0, 0.1) is 6.92 Å². The van der Waals surface area contributed by atoms with Gasteiger partial charge in [-0.1, -0.05) is 42.5 Å². The summed E-state index contributed by atoms with van der Waals surface area (Å²) >= 11 is 0. The second-order valence-corrected chi connectivity index (χ2v) is 8.32. The molecule has 1 unspecified atom stereocenters. The van der Waals surface area contributed by atoms with Crippen LogP contribution in [0.2, 0.25) is 0 Å². The molecule has 1 radical (unpaired) electrons. The summed E-state index contributed by atoms with van der Waals surface area (Å²) in [7, 11) is -4.46. The van der Waals surface area contributed by atoms with Crippen molar-refractivity contribution in [1.29, 1.82) is 0 Å². The molecule has 0 amide bonds. The zero-order valence-corrected chi connectivity index (χ0v) is 16.6. The molecule has 1 atom stereocenters. The first-order chi connectivity index (χ1) is 14.3. The van der Waals surface area contributed by atoms with Crippen LogP contribution in [0.1, 0.15) is 37.4 Å². The number of nitrogens with one attached hydrogen (secondary N) is 1. The van der Waals surface area contributed by atoms with Gasteiger partial charge in [-0.15, -0.1) is 0 Å². The first-order valence-electron chi connectivity index (χ1n) is 8.87. The van der Waals surface area contributed by atoms with Gasteiger partial charge in [0.2, 0.25) is 0 Å². The summed E-state index contributed by atoms with van der Waals surface area (Å²) in [4.78, 5) is 26.0. The van der Waals surface area contributed by atoms with Crippen LogP contribution in [0.15, 0.2) is 59.5 Å². The molecule has 0 spiro atoms. The topological polar surface area (TPSA) is 144 Å². The number of nitrogens with two attached hydrogens (primary N) is 2. The van der Waals surface area contributed by atoms with Crippen molar-refractivity contribution in [3.05, 3.63) is 82.4 Å². The number of anilines is 3. The van der Waals surface area contributed by atoms with Crippen molar-refractivity contribution < 1.29 is 22.6 Å². The maximum Gasteiger partial charge on any atom is 0.449 e. The van der Waals surface area contributed by atoms with Gasteiger partial charge in [0.25, 0.3) is 4.90 Å². The van der Waals surface area contributed by atoms with Gasteiger partial charge in [-0.3, -0.25) is 9.59 Å². The average Bonchev–Trinajstić information content (AvgIpc) is 2.74. The van der Waals surface area contributed by atoms with E-state index in [0.717, 1.165) is 11.6 Å². The molecule has 151 valence electrons. The van der Waals surface area contributed by atoms with Crippen molar-refractivity contribution >= 4 is 39.1 Å². The summed E-state index contributed by atoms with van der Waals surface area (Å²) in [6.45, 7) is 1.84. The van der Waals surface area contributed by atoms with Crippen LogP contribution < -0.4 is 16.9 Å². The van der Waals surface area contributed by atoms with Crippen LogP contribution in [-0.2, 0) is 23.5 Å². The third-order valence-corrected chi connectivity index (χ3v) is 6.14. The Balaban J connectivity index is 2.04. The Morgan fingerprint density at radius 1 is 0.900 bits per heavy atom. The highest BCUT2D eigenvalue weighted by atomic mass is 32.3. The molecule has 8 nitrogen and oxygen atoms in total. The average molecular weight is 423 g/mol. The van der Waals surface area contributed by atoms with E-state index in [-0.39, 0.29) is 27.9 Å². The number of hydrogen-bond donors (Lipinski definition) is 3. The molecule has 0 saturated carbocycles. The Labute approximate surface area is 173 Å². The van der Waals surface area contributed by atoms with Gasteiger partial charge in [-0.05, 0) is 27.0 Å². The fourth-order valence-electron chi connectivity index (χ4n) is 3.51. The minimum Gasteiger partial charge on any atom is -0.394 e. The molecule has 0 aliphatic heterocycles. The number of ketones is 2. The lowest BCUT2D eigenvalue weighted by molar-refractivity contribution is 0.0980. The highest BCUT2D eigenvalue weighted by molar-refractivity contribution is 7.93. The van der Waals surface area contributed by atoms with E-state index in [0.29, 0.717) is 5.69 Å². The molecule has 0 heterocycles. The number of nitrogen functional groups attached to an aromatic ring is 1. The molecule has 0 bridgehead atoms. The van der Waals surface area contributed by atoms with E-state index in [1.54, 1.807) is 30.3 Å². The van der Waals surface area contributed by atoms with Crippen molar-refractivity contribution in [3.63, 3.8) is 0 Å². The predicted molar refractivity (Wildman–Crippen MR) is 111 cm³/mol. The molecular formula is C21H17N3O5S+. The largest absolute Gasteiger partial charge is 0.449 e. The molecule has 1 aliphatic carbocycles. The Morgan fingerprint density at radius 3 is 2.07 bits per heavy atom. The second kappa shape index (κ2) is 7.15. The van der Waals surface area contributed by atoms with Crippen molar-refractivity contribution in [3.8, 4) is 0 Å². The number of para-hydroxylation sites is 1. The molecule has 0 saturated heterocycles. The van der Waals surface area contributed by atoms with Gasteiger partial charge in [0, 0.05) is 22.9 Å². The Kier molecular flexibility index (Phi) is 4.75. The number of hydrogen-bond acceptors (Lipinski definition) is 7. The van der Waals surface area contributed by atoms with Gasteiger partial charge in [-0.25, -0.2) is 0 Å². The Bertz CT molecular complexity index is 1270. The maximum atomic E-state index is 13.3. The normalized spacial score (nSPS) is 14.6. The highest BCUT2D eigenvalue weighted by Gasteiger charge is 2.43. The summed E-state index contributed by atoms with van der Waals surface area (Å²) in [5.74, 6) is 3.93. The maximum absolute atomic E-state index is 13.3. The summed E-state index contributed by atoms with van der Waals surface area (Å²) < 4.78 is 28.8. The molecule has 4 rings (SSSR count). The fourth-order valence-corrected chi connectivity index (χ4v) is 4.25. The lowest BCUT2D eigenvalue weighted by Crippen LogP contribution is -2.27. The van der Waals surface area contributed by atoms with Gasteiger partial charge in [0.05, 0.1) is 21.4 Å². The van der Waals surface area contributed by atoms with Crippen LogP contribution in [0.25, 0.3) is 0 Å². The van der Waals surface area contributed by atoms with Crippen molar-refractivity contribution in [2.75, 3.05) is 11.1 Å². The summed E-state index contributed by atoms with van der Waals surface area (Å²) in [6, 6.07) is 14.7. The quantitative estimate of drug-likeness (QED) is 0.260. The Hall–Kier alpha value is -3.37. The number of benzene rings is 3. The first kappa shape index (κ1) is 19.9. The SMILES string of the molecule is Cc1ccccc1Nc1cc([S+]([O])(=O)ON)c(N)c2c1C(=O)c1ccccc1C2=O. The van der Waals surface area contributed by atoms with E-state index in [4.69, 9.17) is 11.6 Å². The number of carbonyl (C=O) groups is 2. The molecule has 5 N–H and O–H groups in total. The van der Waals surface area contributed by atoms with E-state index < -0.39 is 32.6 Å². The monoisotopic (exact) mass is 423 g/mol. The van der Waals surface area contributed by atoms with E-state index in [2.05, 4.69) is 9.60 Å². The summed E-state index contributed by atoms with van der Waals surface area (Å²) in [6.07, 6.45) is 0. The van der Waals surface area contributed by atoms with Gasteiger partial charge in [0.1, 0.15) is 5.69 Å². The van der Waals surface area contributed by atoms with Crippen molar-refractivity contribution in [2.24, 2.45) is 5.90 Å². The Morgan fingerprint density at radius 2 is 1.47 bits per heavy atom.